The number of halogens is 1. The fourth-order valence-corrected chi connectivity index (χ4v) is 16.5. The fourth-order valence-electron chi connectivity index (χ4n) is 16.5. The van der Waals surface area contributed by atoms with E-state index in [0.717, 1.165) is 95.5 Å². The highest BCUT2D eigenvalue weighted by Crippen LogP contribution is 2.49. The van der Waals surface area contributed by atoms with Gasteiger partial charge in [0.05, 0.1) is 33.2 Å². The summed E-state index contributed by atoms with van der Waals surface area (Å²) in [6, 6.07) is 27.6. The number of carbonyl (C=O) groups is 10. The normalized spacial score (nSPS) is 32.4. The van der Waals surface area contributed by atoms with Crippen molar-refractivity contribution in [1.82, 2.24) is 21.3 Å². The molecule has 13 rings (SSSR count). The van der Waals surface area contributed by atoms with E-state index in [4.69, 9.17) is 91.1 Å². The summed E-state index contributed by atoms with van der Waals surface area (Å²) in [6.07, 6.45) is 4.61. The maximum atomic E-state index is 12.8. The summed E-state index contributed by atoms with van der Waals surface area (Å²) in [4.78, 5) is 117. The number of aliphatic hydroxyl groups is 3. The smallest absolute Gasteiger partial charge is 0.404 e. The zero-order valence-corrected chi connectivity index (χ0v) is 70.4. The Morgan fingerprint density at radius 1 is 0.392 bits per heavy atom. The van der Waals surface area contributed by atoms with Gasteiger partial charge in [-0.15, -0.1) is 0 Å². The first-order valence-electron chi connectivity index (χ1n) is 41.0. The minimum atomic E-state index is -1.87. The zero-order chi connectivity index (χ0) is 87.9. The number of rotatable bonds is 22. The molecular weight excluding hydrogens is 1590 g/mol. The Morgan fingerprint density at radius 2 is 0.683 bits per heavy atom. The first-order valence-corrected chi connectivity index (χ1v) is 41.4. The van der Waals surface area contributed by atoms with Gasteiger partial charge in [-0.2, -0.15) is 0 Å². The number of fused-ring (bicyclic) bond motifs is 3. The van der Waals surface area contributed by atoms with Gasteiger partial charge in [0, 0.05) is 67.3 Å². The second kappa shape index (κ2) is 44.4. The third kappa shape index (κ3) is 25.8. The quantitative estimate of drug-likeness (QED) is 0.0349. The first kappa shape index (κ1) is 97.5. The number of hydrogen-bond acceptors (Lipinski definition) is 29. The van der Waals surface area contributed by atoms with Crippen LogP contribution in [0.4, 0.5) is 4.79 Å². The maximum absolute atomic E-state index is 12.8. The molecule has 4 saturated carbocycles. The first-order chi connectivity index (χ1) is 56.9. The summed E-state index contributed by atoms with van der Waals surface area (Å²) >= 11 is 4.97. The summed E-state index contributed by atoms with van der Waals surface area (Å²) in [7, 11) is 3.64. The summed E-state index contributed by atoms with van der Waals surface area (Å²) in [6.45, 7) is 12.7. The maximum Gasteiger partial charge on any atom is 0.404 e. The summed E-state index contributed by atoms with van der Waals surface area (Å²) in [5.74, 6) is -11.4. The van der Waals surface area contributed by atoms with Gasteiger partial charge in [-0.25, -0.2) is 19.2 Å². The number of aliphatic hydroxyl groups excluding tert-OH is 3. The number of benzene rings is 3. The molecule has 0 aromatic heterocycles. The third-order valence-corrected chi connectivity index (χ3v) is 23.2. The molecule has 6 aliphatic heterocycles. The Morgan fingerprint density at radius 3 is 0.975 bits per heavy atom. The van der Waals surface area contributed by atoms with Gasteiger partial charge in [0.25, 0.3) is 11.8 Å². The van der Waals surface area contributed by atoms with E-state index >= 15 is 0 Å². The van der Waals surface area contributed by atoms with Crippen molar-refractivity contribution in [3.8, 4) is 0 Å². The minimum absolute atomic E-state index is 0.00938. The molecule has 4 aliphatic carbocycles. The number of esters is 3. The second-order valence-corrected chi connectivity index (χ2v) is 33.3. The summed E-state index contributed by atoms with van der Waals surface area (Å²) in [5, 5.41) is 60.4. The van der Waals surface area contributed by atoms with Crippen LogP contribution in [0.15, 0.2) is 91.0 Å². The topological polar surface area (TPSA) is 518 Å². The lowest BCUT2D eigenvalue weighted by Crippen LogP contribution is -2.48. The van der Waals surface area contributed by atoms with E-state index in [1.54, 1.807) is 65.8 Å². The van der Waals surface area contributed by atoms with Crippen molar-refractivity contribution in [2.24, 2.45) is 64.5 Å². The predicted octanol–water partition coefficient (Wildman–Crippen LogP) is 5.20. The molecule has 0 bridgehead atoms. The molecule has 6 heterocycles. The van der Waals surface area contributed by atoms with Crippen LogP contribution < -0.4 is 38.5 Å². The van der Waals surface area contributed by atoms with Crippen molar-refractivity contribution in [2.75, 3.05) is 67.1 Å². The lowest BCUT2D eigenvalue weighted by Gasteiger charge is -2.29. The zero-order valence-electron chi connectivity index (χ0n) is 69.7. The standard InChI is InChI=1S/C25H34N2O8.C18H30N2O7.C15H19NO3.C10H17NO6.C8H7ClO2.C8H15NO2/c1-24(2)34-20-19(28)18(33-25(20,35-24)23(31)32-3)14-27-22(30)17-11-9-15(10-12-17)13-26-21(29)16-7-5-4-6-8-16;1-17(2)26-14-13(21)12(25-18(14,27-17)16(23)24-3)9-20-15(22)11-6-4-10(8-19)5-7-11;17-14(12-4-2-1-3-5-12)16-10-11-6-8-13(9-7-11)15(18)19;1-9(2)16-7-6(12)5(4-11)15-10(7,17-9)8(13)14-3;9-8(10)11-6-7-4-2-1-3-5-7;9-5-6-1-3-7(4-2-6)8(10)11/h4-8,15,17-20,28H,9-14H2,1-3H3,(H,26,29)(H,27,30);10-14,21H,4-9,19H2,1-3H3,(H,20,22);1-5,11,13H,6-10H2,(H,16,17)(H,18,19);5-7,12H,4,11H2,1-3H3;1-5H,6H2;6-7H,1-5,9H2,(H,10,11)/t15?,17?,18?,19?,20-,25+;10?,11?,12?,13?,14-,18+;;5?,6?,7-,10+;;/m00.0../s1. The van der Waals surface area contributed by atoms with Crippen LogP contribution in [0.1, 0.15) is 171 Å². The second-order valence-electron chi connectivity index (χ2n) is 32.9. The average molecular weight is 1710 g/mol. The molecule has 0 radical (unpaired) electrons. The third-order valence-electron chi connectivity index (χ3n) is 23.1. The van der Waals surface area contributed by atoms with Crippen LogP contribution >= 0.6 is 11.6 Å². The Balaban J connectivity index is 0.000000188. The molecule has 10 aliphatic rings. The molecule has 3 aromatic carbocycles. The number of carbonyl (C=O) groups excluding carboxylic acids is 8. The van der Waals surface area contributed by atoms with Crippen molar-refractivity contribution in [1.29, 1.82) is 0 Å². The molecule has 3 aromatic rings. The van der Waals surface area contributed by atoms with E-state index in [1.165, 1.54) is 21.3 Å². The Kier molecular flexibility index (Phi) is 36.1. The van der Waals surface area contributed by atoms with E-state index in [0.29, 0.717) is 73.8 Å². The van der Waals surface area contributed by atoms with Gasteiger partial charge in [-0.3, -0.25) is 28.8 Å². The molecule has 10 fully saturated rings. The summed E-state index contributed by atoms with van der Waals surface area (Å²) in [5.41, 5.74) is 18.1. The van der Waals surface area contributed by atoms with Crippen LogP contribution in [0.3, 0.4) is 0 Å². The van der Waals surface area contributed by atoms with Gasteiger partial charge >= 0.3 is 52.6 Å². The number of hydrogen-bond donors (Lipinski definition) is 12. The Hall–Kier alpha value is -7.95. The largest absolute Gasteiger partial charge is 0.481 e. The number of nitrogens with two attached hydrogens (primary N) is 3. The number of nitrogens with one attached hydrogen (secondary N) is 4. The van der Waals surface area contributed by atoms with Crippen molar-refractivity contribution >= 4 is 70.5 Å². The van der Waals surface area contributed by atoms with Crippen LogP contribution in [0, 0.1) is 47.3 Å². The molecule has 668 valence electrons. The number of methoxy groups -OCH3 is 3. The lowest BCUT2D eigenvalue weighted by molar-refractivity contribution is -0.263. The van der Waals surface area contributed by atoms with E-state index < -0.39 is 125 Å². The van der Waals surface area contributed by atoms with E-state index in [2.05, 4.69) is 30.7 Å². The number of amides is 4. The molecular formula is C84H122ClN7O28. The molecule has 15 N–H and O–H groups in total. The van der Waals surface area contributed by atoms with Crippen LogP contribution in [-0.4, -0.2) is 241 Å². The number of carboxylic acids is 2. The SMILES string of the molecule is COC(=O)[C@@]12OC(CN)C(O)[C@@H]1OC(C)(C)O2.COC(=O)[C@@]12OC(CNC(=O)C3CCC(CN)CC3)C(O)[C@@H]1OC(C)(C)O2.COC(=O)[C@@]12OC(CNC(=O)C3CCC(CNC(=O)c4ccccc4)CC3)C(O)[C@@H]1OC(C)(C)O2.NCC1CCC(C(=O)O)CC1.O=C(Cl)OCc1ccccc1.O=C(NCC1CCC(C(=O)O)CC1)c1ccccc1. The highest BCUT2D eigenvalue weighted by atomic mass is 35.5. The minimum Gasteiger partial charge on any atom is -0.481 e. The highest BCUT2D eigenvalue weighted by molar-refractivity contribution is 6.61. The summed E-state index contributed by atoms with van der Waals surface area (Å²) < 4.78 is 69.5. The molecule has 12 atom stereocenters. The van der Waals surface area contributed by atoms with Crippen molar-refractivity contribution < 1.29 is 135 Å². The monoisotopic (exact) mass is 1710 g/mol. The van der Waals surface area contributed by atoms with Gasteiger partial charge in [0.2, 0.25) is 11.8 Å². The fraction of sp³-hybridized carbons (Fsp3) is 0.667. The molecule has 6 unspecified atom stereocenters. The van der Waals surface area contributed by atoms with Crippen molar-refractivity contribution in [3.05, 3.63) is 108 Å². The molecule has 0 spiro atoms. The average Bonchev–Trinajstić information content (AvgIpc) is 1.58. The van der Waals surface area contributed by atoms with Crippen LogP contribution in [0.5, 0.6) is 0 Å². The van der Waals surface area contributed by atoms with Crippen molar-refractivity contribution in [2.45, 2.75) is 241 Å². The van der Waals surface area contributed by atoms with E-state index in [-0.39, 0.29) is 73.5 Å². The predicted molar refractivity (Wildman–Crippen MR) is 427 cm³/mol. The van der Waals surface area contributed by atoms with Crippen LogP contribution in [0.25, 0.3) is 0 Å². The molecule has 120 heavy (non-hydrogen) atoms. The highest BCUT2D eigenvalue weighted by Gasteiger charge is 2.72. The Labute approximate surface area is 703 Å². The number of carboxylic acid groups (broad SMARTS) is 2. The molecule has 4 amide bonds. The van der Waals surface area contributed by atoms with Crippen LogP contribution in [-0.2, 0) is 102 Å². The van der Waals surface area contributed by atoms with Gasteiger partial charge in [0.1, 0.15) is 43.2 Å². The number of ether oxygens (including phenoxy) is 13. The van der Waals surface area contributed by atoms with Crippen LogP contribution in [0.2, 0.25) is 0 Å². The molecule has 36 heteroatoms. The Bertz CT molecular complexity index is 3840. The lowest BCUT2D eigenvalue weighted by atomic mass is 9.81. The molecule has 6 saturated heterocycles. The molecule has 35 nitrogen and oxygen atoms in total. The van der Waals surface area contributed by atoms with Gasteiger partial charge < -0.3 is 126 Å². The van der Waals surface area contributed by atoms with Crippen molar-refractivity contribution in [3.63, 3.8) is 0 Å². The van der Waals surface area contributed by atoms with Gasteiger partial charge in [-0.1, -0.05) is 66.7 Å². The number of aliphatic carboxylic acids is 2. The van der Waals surface area contributed by atoms with E-state index in [9.17, 15) is 63.3 Å². The van der Waals surface area contributed by atoms with Gasteiger partial charge in [0.15, 0.2) is 35.7 Å². The van der Waals surface area contributed by atoms with Gasteiger partial charge in [-0.05, 0) is 211 Å². The van der Waals surface area contributed by atoms with E-state index in [1.807, 2.05) is 66.7 Å².